The van der Waals surface area contributed by atoms with Crippen molar-refractivity contribution < 1.29 is 9.53 Å². The zero-order valence-electron chi connectivity index (χ0n) is 14.1. The minimum Gasteiger partial charge on any atom is -0.373 e. The highest BCUT2D eigenvalue weighted by Gasteiger charge is 2.32. The summed E-state index contributed by atoms with van der Waals surface area (Å²) in [5.41, 5.74) is 0. The molecule has 0 aromatic rings. The Morgan fingerprint density at radius 1 is 1.18 bits per heavy atom. The lowest BCUT2D eigenvalue weighted by molar-refractivity contribution is -0.132. The largest absolute Gasteiger partial charge is 0.373 e. The van der Waals surface area contributed by atoms with Crippen molar-refractivity contribution in [2.75, 3.05) is 39.3 Å². The molecule has 0 spiro atoms. The summed E-state index contributed by atoms with van der Waals surface area (Å²) >= 11 is 0. The minimum absolute atomic E-state index is 0.289. The van der Waals surface area contributed by atoms with Gasteiger partial charge in [-0.2, -0.15) is 0 Å². The fourth-order valence-corrected chi connectivity index (χ4v) is 3.89. The smallest absolute Gasteiger partial charge is 0.236 e. The number of ether oxygens (including phenoxy) is 1. The summed E-state index contributed by atoms with van der Waals surface area (Å²) in [5, 5.41) is 3.34. The van der Waals surface area contributed by atoms with E-state index in [9.17, 15) is 4.79 Å². The average Bonchev–Trinajstić information content (AvgIpc) is 3.15. The molecule has 5 nitrogen and oxygen atoms in total. The number of hydrogen-bond acceptors (Lipinski definition) is 4. The van der Waals surface area contributed by atoms with Gasteiger partial charge >= 0.3 is 0 Å². The summed E-state index contributed by atoms with van der Waals surface area (Å²) in [5.74, 6) is 1.12. The molecule has 3 unspecified atom stereocenters. The molecule has 2 heterocycles. The topological polar surface area (TPSA) is 44.8 Å². The lowest BCUT2D eigenvalue weighted by Crippen LogP contribution is -2.51. The van der Waals surface area contributed by atoms with Crippen LogP contribution in [0.25, 0.3) is 0 Å². The third kappa shape index (κ3) is 4.43. The Morgan fingerprint density at radius 2 is 1.91 bits per heavy atom. The number of nitrogens with one attached hydrogen (secondary N) is 1. The van der Waals surface area contributed by atoms with Gasteiger partial charge in [-0.15, -0.1) is 0 Å². The van der Waals surface area contributed by atoms with Gasteiger partial charge in [0.1, 0.15) is 0 Å². The van der Waals surface area contributed by atoms with Crippen LogP contribution in [0, 0.1) is 5.92 Å². The van der Waals surface area contributed by atoms with E-state index in [1.807, 2.05) is 0 Å². The number of morpholine rings is 1. The molecular weight excluding hydrogens is 278 g/mol. The molecular formula is C17H31N3O2. The second-order valence-corrected chi connectivity index (χ2v) is 7.43. The number of nitrogens with zero attached hydrogens (tertiary/aromatic N) is 2. The molecule has 2 saturated heterocycles. The van der Waals surface area contributed by atoms with Crippen LogP contribution < -0.4 is 5.32 Å². The average molecular weight is 309 g/mol. The van der Waals surface area contributed by atoms with Crippen LogP contribution in [-0.2, 0) is 9.53 Å². The summed E-state index contributed by atoms with van der Waals surface area (Å²) in [4.78, 5) is 17.0. The van der Waals surface area contributed by atoms with Gasteiger partial charge in [-0.25, -0.2) is 0 Å². The van der Waals surface area contributed by atoms with Crippen molar-refractivity contribution in [2.45, 2.75) is 57.8 Å². The first-order valence-corrected chi connectivity index (χ1v) is 9.00. The molecule has 2 aliphatic heterocycles. The SMILES string of the molecule is CC1CN(CC2CCCN2C(=O)CNCC2CC2)CC(C)O1. The third-order valence-electron chi connectivity index (χ3n) is 5.07. The van der Waals surface area contributed by atoms with Gasteiger partial charge in [-0.3, -0.25) is 9.69 Å². The summed E-state index contributed by atoms with van der Waals surface area (Å²) in [7, 11) is 0. The molecule has 0 aromatic heterocycles. The maximum absolute atomic E-state index is 12.4. The molecule has 126 valence electrons. The van der Waals surface area contributed by atoms with E-state index in [4.69, 9.17) is 4.74 Å². The molecule has 1 saturated carbocycles. The van der Waals surface area contributed by atoms with Gasteiger partial charge in [0.15, 0.2) is 0 Å². The van der Waals surface area contributed by atoms with Crippen molar-refractivity contribution in [3.63, 3.8) is 0 Å². The van der Waals surface area contributed by atoms with Gasteiger partial charge in [0.2, 0.25) is 5.91 Å². The molecule has 1 N–H and O–H groups in total. The van der Waals surface area contributed by atoms with E-state index in [1.165, 1.54) is 12.8 Å². The van der Waals surface area contributed by atoms with Gasteiger partial charge in [0.25, 0.3) is 0 Å². The normalized spacial score (nSPS) is 33.4. The molecule has 0 radical (unpaired) electrons. The summed E-state index contributed by atoms with van der Waals surface area (Å²) in [6.07, 6.45) is 5.56. The van der Waals surface area contributed by atoms with Crippen LogP contribution in [0.2, 0.25) is 0 Å². The Morgan fingerprint density at radius 3 is 2.59 bits per heavy atom. The van der Waals surface area contributed by atoms with E-state index in [0.29, 0.717) is 24.8 Å². The first kappa shape index (κ1) is 16.2. The van der Waals surface area contributed by atoms with Gasteiger partial charge in [-0.1, -0.05) is 0 Å². The van der Waals surface area contributed by atoms with E-state index in [0.717, 1.165) is 51.5 Å². The van der Waals surface area contributed by atoms with E-state index < -0.39 is 0 Å². The summed E-state index contributed by atoms with van der Waals surface area (Å²) in [6.45, 7) is 9.73. The van der Waals surface area contributed by atoms with E-state index >= 15 is 0 Å². The second kappa shape index (κ2) is 7.28. The standard InChI is InChI=1S/C17H31N3O2/c1-13-10-19(11-14(2)22-13)12-16-4-3-7-20(16)17(21)9-18-8-15-5-6-15/h13-16,18H,3-12H2,1-2H3. The van der Waals surface area contributed by atoms with Crippen LogP contribution in [0.1, 0.15) is 39.5 Å². The van der Waals surface area contributed by atoms with Crippen LogP contribution >= 0.6 is 0 Å². The van der Waals surface area contributed by atoms with E-state index in [-0.39, 0.29) is 5.91 Å². The lowest BCUT2D eigenvalue weighted by Gasteiger charge is -2.38. The van der Waals surface area contributed by atoms with Crippen LogP contribution in [0.15, 0.2) is 0 Å². The van der Waals surface area contributed by atoms with Crippen molar-refractivity contribution in [3.8, 4) is 0 Å². The van der Waals surface area contributed by atoms with Gasteiger partial charge in [0.05, 0.1) is 18.8 Å². The third-order valence-corrected chi connectivity index (χ3v) is 5.07. The highest BCUT2D eigenvalue weighted by Crippen LogP contribution is 2.27. The zero-order valence-corrected chi connectivity index (χ0v) is 14.1. The van der Waals surface area contributed by atoms with Gasteiger partial charge < -0.3 is 15.0 Å². The molecule has 3 fully saturated rings. The number of amides is 1. The molecule has 3 aliphatic rings. The highest BCUT2D eigenvalue weighted by atomic mass is 16.5. The lowest BCUT2D eigenvalue weighted by atomic mass is 10.1. The number of rotatable bonds is 6. The fourth-order valence-electron chi connectivity index (χ4n) is 3.89. The highest BCUT2D eigenvalue weighted by molar-refractivity contribution is 5.78. The molecule has 5 heteroatoms. The van der Waals surface area contributed by atoms with E-state index in [1.54, 1.807) is 0 Å². The van der Waals surface area contributed by atoms with Crippen molar-refractivity contribution in [3.05, 3.63) is 0 Å². The molecule has 0 aromatic carbocycles. The minimum atomic E-state index is 0.289. The number of likely N-dealkylation sites (tertiary alicyclic amines) is 1. The van der Waals surface area contributed by atoms with Crippen molar-refractivity contribution >= 4 is 5.91 Å². The Bertz CT molecular complexity index is 376. The number of carbonyl (C=O) groups excluding carboxylic acids is 1. The van der Waals surface area contributed by atoms with Crippen molar-refractivity contribution in [2.24, 2.45) is 5.92 Å². The number of hydrogen-bond donors (Lipinski definition) is 1. The van der Waals surface area contributed by atoms with Gasteiger partial charge in [0, 0.05) is 32.2 Å². The molecule has 1 aliphatic carbocycles. The van der Waals surface area contributed by atoms with E-state index in [2.05, 4.69) is 29.0 Å². The Balaban J connectivity index is 1.45. The predicted octanol–water partition coefficient (Wildman–Crippen LogP) is 1.09. The van der Waals surface area contributed by atoms with Crippen LogP contribution in [0.5, 0.6) is 0 Å². The first-order valence-electron chi connectivity index (χ1n) is 9.00. The molecule has 1 amide bonds. The van der Waals surface area contributed by atoms with Crippen LogP contribution in [0.3, 0.4) is 0 Å². The summed E-state index contributed by atoms with van der Waals surface area (Å²) < 4.78 is 5.80. The fraction of sp³-hybridized carbons (Fsp3) is 0.941. The number of carbonyl (C=O) groups is 1. The second-order valence-electron chi connectivity index (χ2n) is 7.43. The molecule has 3 atom stereocenters. The monoisotopic (exact) mass is 309 g/mol. The first-order chi connectivity index (χ1) is 10.6. The zero-order chi connectivity index (χ0) is 15.5. The Kier molecular flexibility index (Phi) is 5.37. The maximum Gasteiger partial charge on any atom is 0.236 e. The predicted molar refractivity (Wildman–Crippen MR) is 86.8 cm³/mol. The molecule has 22 heavy (non-hydrogen) atoms. The molecule has 3 rings (SSSR count). The van der Waals surface area contributed by atoms with Gasteiger partial charge in [-0.05, 0) is 52.0 Å². The molecule has 0 bridgehead atoms. The quantitative estimate of drug-likeness (QED) is 0.798. The van der Waals surface area contributed by atoms with Crippen LogP contribution in [0.4, 0.5) is 0 Å². The summed E-state index contributed by atoms with van der Waals surface area (Å²) in [6, 6.07) is 0.396. The van der Waals surface area contributed by atoms with Crippen molar-refractivity contribution in [1.82, 2.24) is 15.1 Å². The van der Waals surface area contributed by atoms with Crippen LogP contribution in [-0.4, -0.2) is 73.2 Å². The Labute approximate surface area is 134 Å². The maximum atomic E-state index is 12.4. The van der Waals surface area contributed by atoms with Crippen molar-refractivity contribution in [1.29, 1.82) is 0 Å². The Hall–Kier alpha value is -0.650.